The molecule has 1 rings (SSSR count). The molecule has 1 fully saturated rings. The molecule has 0 saturated heterocycles. The topological polar surface area (TPSA) is 26.3 Å². The summed E-state index contributed by atoms with van der Waals surface area (Å²) in [7, 11) is 1.55. The van der Waals surface area contributed by atoms with Crippen molar-refractivity contribution in [1.82, 2.24) is 0 Å². The molecule has 0 aromatic rings. The fourth-order valence-corrected chi connectivity index (χ4v) is 2.62. The lowest BCUT2D eigenvalue weighted by molar-refractivity contribution is -0.197. The summed E-state index contributed by atoms with van der Waals surface area (Å²) < 4.78 is 43.9. The molecule has 5 heteroatoms. The minimum atomic E-state index is -4.25. The first-order chi connectivity index (χ1) is 8.67. The molecule has 19 heavy (non-hydrogen) atoms. The average Bonchev–Trinajstić information content (AvgIpc) is 2.35. The third kappa shape index (κ3) is 4.79. The summed E-state index contributed by atoms with van der Waals surface area (Å²) in [5.74, 6) is -2.55. The molecule has 1 aliphatic rings. The van der Waals surface area contributed by atoms with Gasteiger partial charge in [0.15, 0.2) is 0 Å². The molecule has 0 aliphatic heterocycles. The lowest BCUT2D eigenvalue weighted by atomic mass is 9.75. The highest BCUT2D eigenvalue weighted by atomic mass is 19.4. The fourth-order valence-electron chi connectivity index (χ4n) is 2.62. The molecule has 0 bridgehead atoms. The summed E-state index contributed by atoms with van der Waals surface area (Å²) in [6.07, 6.45) is -1.88. The number of ether oxygens (including phenoxy) is 1. The van der Waals surface area contributed by atoms with Crippen molar-refractivity contribution in [1.29, 1.82) is 0 Å². The van der Waals surface area contributed by atoms with Gasteiger partial charge in [-0.05, 0) is 33.1 Å². The number of ketones is 1. The Morgan fingerprint density at radius 1 is 1.21 bits per heavy atom. The van der Waals surface area contributed by atoms with Crippen LogP contribution in [0.5, 0.6) is 0 Å². The van der Waals surface area contributed by atoms with Crippen LogP contribution in [0.15, 0.2) is 0 Å². The number of carbonyl (C=O) groups excluding carboxylic acids is 1. The summed E-state index contributed by atoms with van der Waals surface area (Å²) in [6, 6.07) is 0. The van der Waals surface area contributed by atoms with E-state index in [0.29, 0.717) is 19.3 Å². The Morgan fingerprint density at radius 2 is 1.79 bits per heavy atom. The number of hydrogen-bond acceptors (Lipinski definition) is 2. The van der Waals surface area contributed by atoms with Gasteiger partial charge >= 0.3 is 6.18 Å². The Bertz CT molecular complexity index is 310. The molecule has 0 aromatic heterocycles. The maximum Gasteiger partial charge on any atom is 0.392 e. The minimum Gasteiger partial charge on any atom is -0.379 e. The van der Waals surface area contributed by atoms with Gasteiger partial charge in [0.1, 0.15) is 5.78 Å². The molecule has 0 amide bonds. The number of hydrogen-bond donors (Lipinski definition) is 0. The maximum atomic E-state index is 12.9. The van der Waals surface area contributed by atoms with Crippen LogP contribution in [0.3, 0.4) is 0 Å². The molecular formula is C14H23F3O2. The van der Waals surface area contributed by atoms with Gasteiger partial charge < -0.3 is 4.74 Å². The molecule has 0 spiro atoms. The molecule has 2 unspecified atom stereocenters. The zero-order valence-corrected chi connectivity index (χ0v) is 11.8. The van der Waals surface area contributed by atoms with E-state index < -0.39 is 23.6 Å². The van der Waals surface area contributed by atoms with Gasteiger partial charge in [-0.3, -0.25) is 4.79 Å². The van der Waals surface area contributed by atoms with Crippen LogP contribution in [0.2, 0.25) is 0 Å². The van der Waals surface area contributed by atoms with Crippen molar-refractivity contribution < 1.29 is 22.7 Å². The van der Waals surface area contributed by atoms with Gasteiger partial charge in [-0.25, -0.2) is 0 Å². The summed E-state index contributed by atoms with van der Waals surface area (Å²) in [5, 5.41) is 0. The van der Waals surface area contributed by atoms with Crippen LogP contribution in [-0.4, -0.2) is 24.7 Å². The molecule has 0 radical (unpaired) electrons. The van der Waals surface area contributed by atoms with E-state index in [-0.39, 0.29) is 18.6 Å². The first kappa shape index (κ1) is 16.5. The second-order valence-electron chi connectivity index (χ2n) is 5.97. The van der Waals surface area contributed by atoms with Crippen molar-refractivity contribution in [2.24, 2.45) is 11.8 Å². The first-order valence-corrected chi connectivity index (χ1v) is 6.82. The van der Waals surface area contributed by atoms with Crippen molar-refractivity contribution in [3.8, 4) is 0 Å². The van der Waals surface area contributed by atoms with Crippen molar-refractivity contribution >= 4 is 5.78 Å². The van der Waals surface area contributed by atoms with E-state index >= 15 is 0 Å². The van der Waals surface area contributed by atoms with Gasteiger partial charge in [0, 0.05) is 19.4 Å². The second-order valence-corrected chi connectivity index (χ2v) is 5.97. The Hall–Kier alpha value is -0.580. The molecule has 1 aliphatic carbocycles. The molecule has 0 aromatic carbocycles. The van der Waals surface area contributed by atoms with Gasteiger partial charge in [0.2, 0.25) is 0 Å². The van der Waals surface area contributed by atoms with Gasteiger partial charge in [-0.2, -0.15) is 13.2 Å². The van der Waals surface area contributed by atoms with Crippen LogP contribution in [0.4, 0.5) is 13.2 Å². The lowest BCUT2D eigenvalue weighted by Crippen LogP contribution is -2.38. The van der Waals surface area contributed by atoms with Crippen molar-refractivity contribution in [3.05, 3.63) is 0 Å². The fraction of sp³-hybridized carbons (Fsp3) is 0.929. The third-order valence-corrected chi connectivity index (χ3v) is 4.13. The van der Waals surface area contributed by atoms with Crippen LogP contribution in [-0.2, 0) is 9.53 Å². The van der Waals surface area contributed by atoms with Gasteiger partial charge in [-0.15, -0.1) is 0 Å². The molecule has 2 nitrogen and oxygen atoms in total. The number of methoxy groups -OCH3 is 1. The monoisotopic (exact) mass is 280 g/mol. The van der Waals surface area contributed by atoms with E-state index in [9.17, 15) is 18.0 Å². The Morgan fingerprint density at radius 3 is 2.32 bits per heavy atom. The normalized spacial score (nSPS) is 25.4. The predicted octanol–water partition coefficient (Wildman–Crippen LogP) is 4.13. The van der Waals surface area contributed by atoms with Crippen LogP contribution < -0.4 is 0 Å². The highest BCUT2D eigenvalue weighted by molar-refractivity contribution is 5.81. The number of rotatable bonds is 5. The average molecular weight is 280 g/mol. The Balaban J connectivity index is 2.63. The van der Waals surface area contributed by atoms with Crippen LogP contribution in [0.25, 0.3) is 0 Å². The van der Waals surface area contributed by atoms with Gasteiger partial charge in [-0.1, -0.05) is 12.8 Å². The highest BCUT2D eigenvalue weighted by Crippen LogP contribution is 2.42. The van der Waals surface area contributed by atoms with Gasteiger partial charge in [0.05, 0.1) is 11.5 Å². The SMILES string of the molecule is COC(C)(C)CCC(=O)C1CCCCC1C(F)(F)F. The molecule has 2 atom stereocenters. The van der Waals surface area contributed by atoms with E-state index in [1.807, 2.05) is 13.8 Å². The van der Waals surface area contributed by atoms with Crippen molar-refractivity contribution in [2.45, 2.75) is 64.1 Å². The largest absolute Gasteiger partial charge is 0.392 e. The maximum absolute atomic E-state index is 12.9. The minimum absolute atomic E-state index is 0.0909. The molecule has 1 saturated carbocycles. The van der Waals surface area contributed by atoms with E-state index in [0.717, 1.165) is 6.42 Å². The Kier molecular flexibility index (Phi) is 5.42. The second kappa shape index (κ2) is 6.25. The lowest BCUT2D eigenvalue weighted by Gasteiger charge is -2.32. The van der Waals surface area contributed by atoms with E-state index in [2.05, 4.69) is 0 Å². The first-order valence-electron chi connectivity index (χ1n) is 6.82. The van der Waals surface area contributed by atoms with Crippen LogP contribution >= 0.6 is 0 Å². The molecule has 0 heterocycles. The number of Topliss-reactive ketones (excluding diaryl/α,β-unsaturated/α-hetero) is 1. The summed E-state index contributed by atoms with van der Waals surface area (Å²) in [6.45, 7) is 3.67. The Labute approximate surface area is 112 Å². The third-order valence-electron chi connectivity index (χ3n) is 4.13. The molecular weight excluding hydrogens is 257 g/mol. The standard InChI is InChI=1S/C14H23F3O2/c1-13(2,19-3)9-8-12(18)10-6-4-5-7-11(10)14(15,16)17/h10-11H,4-9H2,1-3H3. The highest BCUT2D eigenvalue weighted by Gasteiger charge is 2.47. The zero-order chi connectivity index (χ0) is 14.7. The smallest absolute Gasteiger partial charge is 0.379 e. The predicted molar refractivity (Wildman–Crippen MR) is 66.8 cm³/mol. The molecule has 0 N–H and O–H groups in total. The number of halogens is 3. The van der Waals surface area contributed by atoms with E-state index in [4.69, 9.17) is 4.74 Å². The summed E-state index contributed by atoms with van der Waals surface area (Å²) >= 11 is 0. The number of carbonyl (C=O) groups is 1. The van der Waals surface area contributed by atoms with Crippen LogP contribution in [0.1, 0.15) is 52.4 Å². The van der Waals surface area contributed by atoms with E-state index in [1.165, 1.54) is 0 Å². The van der Waals surface area contributed by atoms with Gasteiger partial charge in [0.25, 0.3) is 0 Å². The van der Waals surface area contributed by atoms with Crippen molar-refractivity contribution in [3.63, 3.8) is 0 Å². The number of alkyl halides is 3. The zero-order valence-electron chi connectivity index (χ0n) is 11.8. The quantitative estimate of drug-likeness (QED) is 0.757. The summed E-state index contributed by atoms with van der Waals surface area (Å²) in [5.41, 5.74) is -0.460. The van der Waals surface area contributed by atoms with E-state index in [1.54, 1.807) is 7.11 Å². The molecule has 112 valence electrons. The van der Waals surface area contributed by atoms with Crippen LogP contribution in [0, 0.1) is 11.8 Å². The summed E-state index contributed by atoms with van der Waals surface area (Å²) in [4.78, 5) is 12.1. The van der Waals surface area contributed by atoms with Crippen molar-refractivity contribution in [2.75, 3.05) is 7.11 Å².